The van der Waals surface area contributed by atoms with Crippen LogP contribution in [0.3, 0.4) is 0 Å². The van der Waals surface area contributed by atoms with Crippen LogP contribution in [0, 0.1) is 11.3 Å². The number of imidazole rings is 1. The quantitative estimate of drug-likeness (QED) is 0.373. The largest absolute Gasteiger partial charge is 0.476 e. The van der Waals surface area contributed by atoms with Gasteiger partial charge in [0.15, 0.2) is 5.82 Å². The van der Waals surface area contributed by atoms with Crippen LogP contribution in [0.4, 0.5) is 5.82 Å². The standard InChI is InChI=1S/C7H6N6O3/c8-1-3(7(15)16)12-13-6-4(5(9)14)10-2-11-6/h2,13H,(H2,9,14)(H,10,11)(H,15,16)/b12-3+. The average Bonchev–Trinajstić information content (AvgIpc) is 2.66. The summed E-state index contributed by atoms with van der Waals surface area (Å²) < 4.78 is 0. The fourth-order valence-electron chi connectivity index (χ4n) is 0.796. The number of amides is 1. The fraction of sp³-hybridized carbons (Fsp3) is 0. The van der Waals surface area contributed by atoms with E-state index in [1.807, 2.05) is 0 Å². The molecule has 0 saturated heterocycles. The Morgan fingerprint density at radius 2 is 2.38 bits per heavy atom. The Balaban J connectivity index is 2.90. The number of carbonyl (C=O) groups is 2. The lowest BCUT2D eigenvalue weighted by molar-refractivity contribution is -0.129. The molecule has 5 N–H and O–H groups in total. The molecule has 0 radical (unpaired) electrons. The number of hydrazone groups is 1. The third-order valence-electron chi connectivity index (χ3n) is 1.47. The van der Waals surface area contributed by atoms with Crippen LogP contribution in [0.2, 0.25) is 0 Å². The molecule has 0 atom stereocenters. The van der Waals surface area contributed by atoms with Crippen molar-refractivity contribution in [1.82, 2.24) is 9.97 Å². The summed E-state index contributed by atoms with van der Waals surface area (Å²) in [6, 6.07) is 1.35. The smallest absolute Gasteiger partial charge is 0.367 e. The number of hydrogen-bond acceptors (Lipinski definition) is 6. The Morgan fingerprint density at radius 1 is 1.69 bits per heavy atom. The van der Waals surface area contributed by atoms with Crippen LogP contribution in [0.5, 0.6) is 0 Å². The Kier molecular flexibility index (Phi) is 3.19. The normalized spacial score (nSPS) is 10.6. The van der Waals surface area contributed by atoms with E-state index in [2.05, 4.69) is 20.5 Å². The van der Waals surface area contributed by atoms with Crippen molar-refractivity contribution < 1.29 is 14.7 Å². The first kappa shape index (κ1) is 11.2. The number of aliphatic carboxylic acids is 1. The molecular formula is C7H6N6O3. The van der Waals surface area contributed by atoms with E-state index in [0.717, 1.165) is 0 Å². The number of carboxylic acid groups (broad SMARTS) is 1. The number of nitriles is 1. The van der Waals surface area contributed by atoms with Gasteiger partial charge in [0.05, 0.1) is 6.33 Å². The molecule has 1 amide bonds. The molecule has 1 heterocycles. The zero-order valence-electron chi connectivity index (χ0n) is 7.76. The molecule has 0 unspecified atom stereocenters. The van der Waals surface area contributed by atoms with Crippen molar-refractivity contribution in [1.29, 1.82) is 5.26 Å². The van der Waals surface area contributed by atoms with Gasteiger partial charge in [-0.15, -0.1) is 0 Å². The predicted octanol–water partition coefficient (Wildman–Crippen LogP) is -1.12. The first-order valence-electron chi connectivity index (χ1n) is 3.86. The molecule has 0 aliphatic heterocycles. The molecule has 0 aromatic carbocycles. The number of aromatic amines is 1. The van der Waals surface area contributed by atoms with Crippen LogP contribution < -0.4 is 11.2 Å². The zero-order chi connectivity index (χ0) is 12.1. The number of aromatic nitrogens is 2. The van der Waals surface area contributed by atoms with Gasteiger partial charge in [-0.2, -0.15) is 10.4 Å². The molecule has 0 aliphatic rings. The number of anilines is 1. The molecule has 1 aromatic heterocycles. The second-order valence-electron chi connectivity index (χ2n) is 2.48. The third-order valence-corrected chi connectivity index (χ3v) is 1.47. The molecule has 0 bridgehead atoms. The van der Waals surface area contributed by atoms with Crippen molar-refractivity contribution in [2.24, 2.45) is 10.8 Å². The Bertz CT molecular complexity index is 496. The lowest BCUT2D eigenvalue weighted by Gasteiger charge is -1.97. The summed E-state index contributed by atoms with van der Waals surface area (Å²) in [7, 11) is 0. The van der Waals surface area contributed by atoms with Crippen LogP contribution >= 0.6 is 0 Å². The van der Waals surface area contributed by atoms with Crippen molar-refractivity contribution in [2.45, 2.75) is 0 Å². The summed E-state index contributed by atoms with van der Waals surface area (Å²) >= 11 is 0. The molecule has 0 aliphatic carbocycles. The van der Waals surface area contributed by atoms with Crippen LogP contribution in [0.25, 0.3) is 0 Å². The van der Waals surface area contributed by atoms with Crippen molar-refractivity contribution in [2.75, 3.05) is 5.43 Å². The van der Waals surface area contributed by atoms with E-state index < -0.39 is 17.6 Å². The van der Waals surface area contributed by atoms with E-state index in [0.29, 0.717) is 0 Å². The van der Waals surface area contributed by atoms with Gasteiger partial charge >= 0.3 is 5.97 Å². The van der Waals surface area contributed by atoms with E-state index in [9.17, 15) is 9.59 Å². The van der Waals surface area contributed by atoms with E-state index in [1.165, 1.54) is 12.4 Å². The number of hydrogen-bond donors (Lipinski definition) is 4. The Hall–Kier alpha value is -2.89. The van der Waals surface area contributed by atoms with Crippen molar-refractivity contribution >= 4 is 23.4 Å². The maximum absolute atomic E-state index is 10.8. The molecule has 0 spiro atoms. The minimum atomic E-state index is -1.49. The van der Waals surface area contributed by atoms with Crippen LogP contribution in [0.15, 0.2) is 11.4 Å². The van der Waals surface area contributed by atoms with Crippen LogP contribution in [-0.2, 0) is 4.79 Å². The summed E-state index contributed by atoms with van der Waals surface area (Å²) in [5, 5.41) is 20.1. The minimum Gasteiger partial charge on any atom is -0.476 e. The molecule has 82 valence electrons. The highest BCUT2D eigenvalue weighted by Gasteiger charge is 2.12. The summed E-state index contributed by atoms with van der Waals surface area (Å²) in [5.41, 5.74) is 6.30. The fourth-order valence-corrected chi connectivity index (χ4v) is 0.796. The van der Waals surface area contributed by atoms with Crippen molar-refractivity contribution in [3.63, 3.8) is 0 Å². The number of nitrogens with two attached hydrogens (primary N) is 1. The summed E-state index contributed by atoms with van der Waals surface area (Å²) in [4.78, 5) is 27.3. The van der Waals surface area contributed by atoms with E-state index in [1.54, 1.807) is 0 Å². The summed E-state index contributed by atoms with van der Waals surface area (Å²) in [5.74, 6) is -2.34. The van der Waals surface area contributed by atoms with Gasteiger partial charge in [-0.05, 0) is 0 Å². The van der Waals surface area contributed by atoms with Crippen LogP contribution in [0.1, 0.15) is 10.5 Å². The number of nitrogens with zero attached hydrogens (tertiary/aromatic N) is 3. The highest BCUT2D eigenvalue weighted by Crippen LogP contribution is 2.07. The van der Waals surface area contributed by atoms with Gasteiger partial charge in [-0.25, -0.2) is 9.78 Å². The number of carboxylic acids is 1. The second-order valence-corrected chi connectivity index (χ2v) is 2.48. The molecule has 16 heavy (non-hydrogen) atoms. The van der Waals surface area contributed by atoms with Crippen LogP contribution in [-0.4, -0.2) is 32.7 Å². The Morgan fingerprint density at radius 3 is 2.88 bits per heavy atom. The SMILES string of the molecule is N#C/C(=N\Nc1nc[nH]c1C(N)=O)C(=O)O. The van der Waals surface area contributed by atoms with E-state index in [-0.39, 0.29) is 11.5 Å². The highest BCUT2D eigenvalue weighted by atomic mass is 16.4. The Labute approximate surface area is 88.6 Å². The average molecular weight is 222 g/mol. The summed E-state index contributed by atoms with van der Waals surface area (Å²) in [6.07, 6.45) is 1.17. The monoisotopic (exact) mass is 222 g/mol. The van der Waals surface area contributed by atoms with Crippen molar-refractivity contribution in [3.05, 3.63) is 12.0 Å². The topological polar surface area (TPSA) is 157 Å². The molecule has 1 rings (SSSR count). The first-order chi connectivity index (χ1) is 7.56. The maximum atomic E-state index is 10.8. The van der Waals surface area contributed by atoms with Gasteiger partial charge < -0.3 is 15.8 Å². The predicted molar refractivity (Wildman–Crippen MR) is 51.4 cm³/mol. The van der Waals surface area contributed by atoms with Gasteiger partial charge in [0.2, 0.25) is 5.71 Å². The number of nitrogens with one attached hydrogen (secondary N) is 2. The first-order valence-corrected chi connectivity index (χ1v) is 3.86. The minimum absolute atomic E-state index is 0.0542. The summed E-state index contributed by atoms with van der Waals surface area (Å²) in [6.45, 7) is 0. The zero-order valence-corrected chi connectivity index (χ0v) is 7.76. The van der Waals surface area contributed by atoms with Gasteiger partial charge in [-0.1, -0.05) is 0 Å². The molecule has 9 nitrogen and oxygen atoms in total. The van der Waals surface area contributed by atoms with Gasteiger partial charge in [-0.3, -0.25) is 10.2 Å². The van der Waals surface area contributed by atoms with Gasteiger partial charge in [0, 0.05) is 0 Å². The lowest BCUT2D eigenvalue weighted by atomic mass is 10.4. The number of carbonyl (C=O) groups excluding carboxylic acids is 1. The molecule has 0 fully saturated rings. The van der Waals surface area contributed by atoms with E-state index in [4.69, 9.17) is 16.1 Å². The maximum Gasteiger partial charge on any atom is 0.367 e. The number of primary amides is 1. The highest BCUT2D eigenvalue weighted by molar-refractivity contribution is 6.42. The third kappa shape index (κ3) is 2.32. The van der Waals surface area contributed by atoms with Gasteiger partial charge in [0.1, 0.15) is 11.8 Å². The molecule has 0 saturated carbocycles. The number of H-pyrrole nitrogens is 1. The van der Waals surface area contributed by atoms with Crippen molar-refractivity contribution in [3.8, 4) is 6.07 Å². The van der Waals surface area contributed by atoms with E-state index >= 15 is 0 Å². The number of rotatable bonds is 4. The molecule has 9 heteroatoms. The second kappa shape index (κ2) is 4.56. The molecule has 1 aromatic rings. The van der Waals surface area contributed by atoms with Gasteiger partial charge in [0.25, 0.3) is 5.91 Å². The lowest BCUT2D eigenvalue weighted by Crippen LogP contribution is -2.15. The molecular weight excluding hydrogens is 216 g/mol.